The normalized spacial score (nSPS) is 17.9. The van der Waals surface area contributed by atoms with Gasteiger partial charge in [0.1, 0.15) is 11.9 Å². The number of rotatable bonds is 5. The highest BCUT2D eigenvalue weighted by Gasteiger charge is 2.36. The molecule has 1 atom stereocenters. The Morgan fingerprint density at radius 3 is 2.52 bits per heavy atom. The van der Waals surface area contributed by atoms with Crippen molar-refractivity contribution in [1.29, 1.82) is 0 Å². The molecule has 132 valence electrons. The third kappa shape index (κ3) is 3.57. The molecule has 1 heterocycles. The van der Waals surface area contributed by atoms with Crippen molar-refractivity contribution in [3.05, 3.63) is 59.9 Å². The van der Waals surface area contributed by atoms with Gasteiger partial charge in [0, 0.05) is 12.2 Å². The van der Waals surface area contributed by atoms with Gasteiger partial charge in [0.25, 0.3) is 0 Å². The first-order valence-corrected chi connectivity index (χ1v) is 9.58. The van der Waals surface area contributed by atoms with Crippen LogP contribution in [0.15, 0.2) is 53.4 Å². The van der Waals surface area contributed by atoms with Gasteiger partial charge >= 0.3 is 0 Å². The quantitative estimate of drug-likeness (QED) is 0.889. The average Bonchev–Trinajstić information content (AvgIpc) is 2.96. The van der Waals surface area contributed by atoms with E-state index in [4.69, 9.17) is 0 Å². The summed E-state index contributed by atoms with van der Waals surface area (Å²) >= 11 is 0. The molecule has 1 saturated heterocycles. The van der Waals surface area contributed by atoms with Crippen molar-refractivity contribution >= 4 is 21.6 Å². The number of amides is 1. The lowest BCUT2D eigenvalue weighted by Crippen LogP contribution is -2.41. The van der Waals surface area contributed by atoms with E-state index in [1.54, 1.807) is 24.3 Å². The van der Waals surface area contributed by atoms with Crippen LogP contribution in [-0.4, -0.2) is 26.9 Å². The van der Waals surface area contributed by atoms with Gasteiger partial charge in [-0.05, 0) is 48.7 Å². The summed E-state index contributed by atoms with van der Waals surface area (Å²) in [6, 6.07) is 11.5. The number of nitrogens with zero attached hydrogens (tertiary/aromatic N) is 1. The average molecular weight is 362 g/mol. The van der Waals surface area contributed by atoms with E-state index in [1.807, 2.05) is 6.92 Å². The topological polar surface area (TPSA) is 66.5 Å². The first-order valence-electron chi connectivity index (χ1n) is 8.09. The van der Waals surface area contributed by atoms with Crippen LogP contribution < -0.4 is 9.62 Å². The molecule has 2 aromatic rings. The Bertz CT molecular complexity index is 881. The summed E-state index contributed by atoms with van der Waals surface area (Å²) in [5.74, 6) is -0.715. The van der Waals surface area contributed by atoms with Gasteiger partial charge in [-0.25, -0.2) is 12.8 Å². The Morgan fingerprint density at radius 1 is 1.16 bits per heavy atom. The SMILES string of the molecule is CCc1ccccc1S(=O)(=O)N[C@@H]1CCN(c2ccc(F)cc2)C1=O. The molecule has 3 rings (SSSR count). The van der Waals surface area contributed by atoms with Crippen LogP contribution in [0, 0.1) is 5.82 Å². The Labute approximate surface area is 146 Å². The fourth-order valence-corrected chi connectivity index (χ4v) is 4.51. The minimum Gasteiger partial charge on any atom is -0.311 e. The molecular weight excluding hydrogens is 343 g/mol. The van der Waals surface area contributed by atoms with E-state index in [1.165, 1.54) is 29.2 Å². The maximum atomic E-state index is 13.0. The smallest absolute Gasteiger partial charge is 0.245 e. The van der Waals surface area contributed by atoms with Crippen LogP contribution >= 0.6 is 0 Å². The van der Waals surface area contributed by atoms with Gasteiger partial charge in [-0.1, -0.05) is 25.1 Å². The van der Waals surface area contributed by atoms with Gasteiger partial charge in [-0.3, -0.25) is 4.79 Å². The number of hydrogen-bond acceptors (Lipinski definition) is 3. The second kappa shape index (κ2) is 6.93. The standard InChI is InChI=1S/C18H19FN2O3S/c1-2-13-5-3-4-6-17(13)25(23,24)20-16-11-12-21(18(16)22)15-9-7-14(19)8-10-15/h3-10,16,20H,2,11-12H2,1H3/t16-/m1/s1. The lowest BCUT2D eigenvalue weighted by atomic mass is 10.2. The molecule has 0 aromatic heterocycles. The maximum Gasteiger partial charge on any atom is 0.245 e. The van der Waals surface area contributed by atoms with Crippen molar-refractivity contribution in [1.82, 2.24) is 4.72 Å². The summed E-state index contributed by atoms with van der Waals surface area (Å²) < 4.78 is 40.9. The van der Waals surface area contributed by atoms with Crippen LogP contribution in [0.25, 0.3) is 0 Å². The molecule has 0 radical (unpaired) electrons. The van der Waals surface area contributed by atoms with E-state index in [-0.39, 0.29) is 16.6 Å². The molecule has 0 spiro atoms. The molecular formula is C18H19FN2O3S. The van der Waals surface area contributed by atoms with Gasteiger partial charge in [-0.15, -0.1) is 0 Å². The van der Waals surface area contributed by atoms with Crippen molar-refractivity contribution < 1.29 is 17.6 Å². The van der Waals surface area contributed by atoms with E-state index >= 15 is 0 Å². The lowest BCUT2D eigenvalue weighted by Gasteiger charge is -2.18. The molecule has 1 aliphatic rings. The molecule has 7 heteroatoms. The van der Waals surface area contributed by atoms with Gasteiger partial charge in [-0.2, -0.15) is 4.72 Å². The Kier molecular flexibility index (Phi) is 4.87. The lowest BCUT2D eigenvalue weighted by molar-refractivity contribution is -0.118. The van der Waals surface area contributed by atoms with Crippen LogP contribution in [0.5, 0.6) is 0 Å². The van der Waals surface area contributed by atoms with Crippen LogP contribution in [0.4, 0.5) is 10.1 Å². The number of carbonyl (C=O) groups excluding carboxylic acids is 1. The Balaban J connectivity index is 1.79. The second-order valence-corrected chi connectivity index (χ2v) is 7.57. The third-order valence-electron chi connectivity index (χ3n) is 4.28. The molecule has 0 unspecified atom stereocenters. The number of sulfonamides is 1. The number of hydrogen-bond donors (Lipinski definition) is 1. The molecule has 0 aliphatic carbocycles. The summed E-state index contributed by atoms with van der Waals surface area (Å²) in [6.45, 7) is 2.26. The molecule has 1 aliphatic heterocycles. The van der Waals surface area contributed by atoms with Crippen LogP contribution in [-0.2, 0) is 21.2 Å². The zero-order valence-electron chi connectivity index (χ0n) is 13.8. The zero-order chi connectivity index (χ0) is 18.0. The van der Waals surface area contributed by atoms with E-state index in [2.05, 4.69) is 4.72 Å². The summed E-state index contributed by atoms with van der Waals surface area (Å²) in [6.07, 6.45) is 0.946. The molecule has 5 nitrogen and oxygen atoms in total. The number of halogens is 1. The molecule has 1 fully saturated rings. The summed E-state index contributed by atoms with van der Waals surface area (Å²) in [7, 11) is -3.79. The largest absolute Gasteiger partial charge is 0.311 e. The Morgan fingerprint density at radius 2 is 1.84 bits per heavy atom. The highest BCUT2D eigenvalue weighted by molar-refractivity contribution is 7.89. The molecule has 0 saturated carbocycles. The highest BCUT2D eigenvalue weighted by atomic mass is 32.2. The van der Waals surface area contributed by atoms with Crippen LogP contribution in [0.2, 0.25) is 0 Å². The summed E-state index contributed by atoms with van der Waals surface area (Å²) in [5.41, 5.74) is 1.26. The summed E-state index contributed by atoms with van der Waals surface area (Å²) in [4.78, 5) is 14.2. The molecule has 1 amide bonds. The number of carbonyl (C=O) groups is 1. The zero-order valence-corrected chi connectivity index (χ0v) is 14.6. The first-order chi connectivity index (χ1) is 11.9. The Hall–Kier alpha value is -2.25. The minimum absolute atomic E-state index is 0.200. The molecule has 2 aromatic carbocycles. The number of benzene rings is 2. The van der Waals surface area contributed by atoms with Crippen molar-refractivity contribution in [2.75, 3.05) is 11.4 Å². The van der Waals surface area contributed by atoms with E-state index in [9.17, 15) is 17.6 Å². The molecule has 0 bridgehead atoms. The van der Waals surface area contributed by atoms with Gasteiger partial charge in [0.15, 0.2) is 0 Å². The van der Waals surface area contributed by atoms with Crippen molar-refractivity contribution in [3.63, 3.8) is 0 Å². The number of anilines is 1. The maximum absolute atomic E-state index is 13.0. The third-order valence-corrected chi connectivity index (χ3v) is 5.86. The predicted molar refractivity (Wildman–Crippen MR) is 93.3 cm³/mol. The fraction of sp³-hybridized carbons (Fsp3) is 0.278. The van der Waals surface area contributed by atoms with Crippen molar-refractivity contribution in [2.24, 2.45) is 0 Å². The number of nitrogens with one attached hydrogen (secondary N) is 1. The predicted octanol–water partition coefficient (Wildman–Crippen LogP) is 2.47. The van der Waals surface area contributed by atoms with E-state index < -0.39 is 16.1 Å². The fourth-order valence-electron chi connectivity index (χ4n) is 2.98. The van der Waals surface area contributed by atoms with Crippen molar-refractivity contribution in [2.45, 2.75) is 30.7 Å². The number of aryl methyl sites for hydroxylation is 1. The van der Waals surface area contributed by atoms with Crippen molar-refractivity contribution in [3.8, 4) is 0 Å². The summed E-state index contributed by atoms with van der Waals surface area (Å²) in [5, 5.41) is 0. The van der Waals surface area contributed by atoms with E-state index in [0.717, 1.165) is 0 Å². The van der Waals surface area contributed by atoms with E-state index in [0.29, 0.717) is 30.6 Å². The minimum atomic E-state index is -3.79. The molecule has 25 heavy (non-hydrogen) atoms. The van der Waals surface area contributed by atoms with Gasteiger partial charge in [0.05, 0.1) is 4.90 Å². The van der Waals surface area contributed by atoms with Crippen LogP contribution in [0.3, 0.4) is 0 Å². The molecule has 1 N–H and O–H groups in total. The first kappa shape index (κ1) is 17.6. The van der Waals surface area contributed by atoms with Gasteiger partial charge < -0.3 is 4.90 Å². The monoisotopic (exact) mass is 362 g/mol. The highest BCUT2D eigenvalue weighted by Crippen LogP contribution is 2.24. The van der Waals surface area contributed by atoms with Gasteiger partial charge in [0.2, 0.25) is 15.9 Å². The second-order valence-electron chi connectivity index (χ2n) is 5.89. The van der Waals surface area contributed by atoms with Crippen LogP contribution in [0.1, 0.15) is 18.9 Å².